The van der Waals surface area contributed by atoms with E-state index in [0.717, 1.165) is 11.3 Å². The average Bonchev–Trinajstić information content (AvgIpc) is 3.18. The zero-order valence-electron chi connectivity index (χ0n) is 11.9. The number of halogens is 1. The topological polar surface area (TPSA) is 84.7 Å². The molecule has 0 radical (unpaired) electrons. The van der Waals surface area contributed by atoms with Gasteiger partial charge in [0.05, 0.1) is 15.8 Å². The molecule has 0 aromatic carbocycles. The van der Waals surface area contributed by atoms with Crippen molar-refractivity contribution in [3.63, 3.8) is 0 Å². The van der Waals surface area contributed by atoms with Gasteiger partial charge < -0.3 is 4.42 Å². The summed E-state index contributed by atoms with van der Waals surface area (Å²) < 4.78 is 56.6. The maximum Gasteiger partial charge on any atom is 0.252 e. The van der Waals surface area contributed by atoms with Gasteiger partial charge in [0, 0.05) is 13.1 Å². The predicted octanol–water partition coefficient (Wildman–Crippen LogP) is 2.37. The first-order valence-electron chi connectivity index (χ1n) is 6.78. The molecule has 1 saturated heterocycles. The standard InChI is InChI=1S/C13H14ClNO5S3/c14-12-3-4-13(21-12)23(18,19)15-6-5-11(8-15)22(16,17)9-10-2-1-7-20-10/h1-4,7,11H,5-6,8-9H2/t11-/m0/s1. The van der Waals surface area contributed by atoms with E-state index in [1.807, 2.05) is 0 Å². The van der Waals surface area contributed by atoms with Gasteiger partial charge in [-0.25, -0.2) is 16.8 Å². The number of rotatable bonds is 5. The van der Waals surface area contributed by atoms with Gasteiger partial charge in [-0.05, 0) is 30.7 Å². The summed E-state index contributed by atoms with van der Waals surface area (Å²) in [5.41, 5.74) is 0. The summed E-state index contributed by atoms with van der Waals surface area (Å²) in [5.74, 6) is 0.139. The first-order chi connectivity index (χ1) is 10.8. The molecule has 0 aliphatic carbocycles. The van der Waals surface area contributed by atoms with Gasteiger partial charge in [0.1, 0.15) is 15.7 Å². The van der Waals surface area contributed by atoms with Crippen LogP contribution in [0.3, 0.4) is 0 Å². The van der Waals surface area contributed by atoms with Crippen molar-refractivity contribution in [2.75, 3.05) is 13.1 Å². The molecule has 0 spiro atoms. The van der Waals surface area contributed by atoms with Crippen LogP contribution in [0.2, 0.25) is 4.34 Å². The van der Waals surface area contributed by atoms with Crippen LogP contribution in [0.4, 0.5) is 0 Å². The highest BCUT2D eigenvalue weighted by atomic mass is 35.5. The second-order valence-electron chi connectivity index (χ2n) is 5.22. The molecule has 1 fully saturated rings. The molecule has 0 bridgehead atoms. The Labute approximate surface area is 143 Å². The van der Waals surface area contributed by atoms with Gasteiger partial charge in [-0.15, -0.1) is 11.3 Å². The molecule has 2 aromatic rings. The molecule has 0 unspecified atom stereocenters. The van der Waals surface area contributed by atoms with Crippen LogP contribution >= 0.6 is 22.9 Å². The number of furan rings is 1. The van der Waals surface area contributed by atoms with Crippen molar-refractivity contribution in [1.29, 1.82) is 0 Å². The van der Waals surface area contributed by atoms with Crippen LogP contribution in [-0.4, -0.2) is 39.5 Å². The summed E-state index contributed by atoms with van der Waals surface area (Å²) in [7, 11) is -7.17. The largest absolute Gasteiger partial charge is 0.468 e. The van der Waals surface area contributed by atoms with E-state index < -0.39 is 25.1 Å². The van der Waals surface area contributed by atoms with Crippen molar-refractivity contribution in [3.8, 4) is 0 Å². The van der Waals surface area contributed by atoms with E-state index in [1.54, 1.807) is 12.1 Å². The fraction of sp³-hybridized carbons (Fsp3) is 0.385. The molecule has 3 heterocycles. The van der Waals surface area contributed by atoms with E-state index in [4.69, 9.17) is 16.0 Å². The lowest BCUT2D eigenvalue weighted by Crippen LogP contribution is -2.32. The molecular formula is C13H14ClNO5S3. The van der Waals surface area contributed by atoms with Crippen LogP contribution in [0.1, 0.15) is 12.2 Å². The maximum atomic E-state index is 12.5. The molecule has 126 valence electrons. The van der Waals surface area contributed by atoms with Crippen molar-refractivity contribution in [2.45, 2.75) is 21.6 Å². The number of sulfonamides is 1. The third-order valence-electron chi connectivity index (χ3n) is 3.68. The van der Waals surface area contributed by atoms with E-state index in [-0.39, 0.29) is 29.5 Å². The third-order valence-corrected chi connectivity index (χ3v) is 9.33. The molecule has 2 aromatic heterocycles. The van der Waals surface area contributed by atoms with Gasteiger partial charge in [-0.1, -0.05) is 11.6 Å². The van der Waals surface area contributed by atoms with Crippen LogP contribution in [0.5, 0.6) is 0 Å². The van der Waals surface area contributed by atoms with Crippen LogP contribution in [0, 0.1) is 0 Å². The third kappa shape index (κ3) is 3.48. The first kappa shape index (κ1) is 17.0. The minimum absolute atomic E-state index is 0.0408. The summed E-state index contributed by atoms with van der Waals surface area (Å²) >= 11 is 6.75. The average molecular weight is 396 g/mol. The minimum atomic E-state index is -3.69. The maximum absolute atomic E-state index is 12.5. The van der Waals surface area contributed by atoms with Gasteiger partial charge >= 0.3 is 0 Å². The Morgan fingerprint density at radius 1 is 1.26 bits per heavy atom. The summed E-state index contributed by atoms with van der Waals surface area (Å²) in [4.78, 5) is 0. The van der Waals surface area contributed by atoms with E-state index in [1.165, 1.54) is 22.7 Å². The quantitative estimate of drug-likeness (QED) is 0.775. The molecule has 1 aliphatic heterocycles. The lowest BCUT2D eigenvalue weighted by Gasteiger charge is -2.15. The smallest absolute Gasteiger partial charge is 0.252 e. The van der Waals surface area contributed by atoms with Crippen molar-refractivity contribution in [3.05, 3.63) is 40.6 Å². The van der Waals surface area contributed by atoms with E-state index >= 15 is 0 Å². The van der Waals surface area contributed by atoms with Gasteiger partial charge in [-0.2, -0.15) is 4.31 Å². The molecule has 6 nitrogen and oxygen atoms in total. The minimum Gasteiger partial charge on any atom is -0.468 e. The second kappa shape index (κ2) is 6.21. The van der Waals surface area contributed by atoms with E-state index in [9.17, 15) is 16.8 Å². The van der Waals surface area contributed by atoms with Gasteiger partial charge in [-0.3, -0.25) is 0 Å². The highest BCUT2D eigenvalue weighted by Gasteiger charge is 2.39. The van der Waals surface area contributed by atoms with Crippen molar-refractivity contribution < 1.29 is 21.3 Å². The van der Waals surface area contributed by atoms with E-state index in [2.05, 4.69) is 0 Å². The summed E-state index contributed by atoms with van der Waals surface area (Å²) in [6.45, 7) is 0.140. The molecule has 0 saturated carbocycles. The first-order valence-corrected chi connectivity index (χ1v) is 11.1. The SMILES string of the molecule is O=S(=O)(Cc1ccco1)[C@H]1CCN(S(=O)(=O)c2ccc(Cl)s2)C1. The van der Waals surface area contributed by atoms with Gasteiger partial charge in [0.2, 0.25) is 0 Å². The van der Waals surface area contributed by atoms with Crippen molar-refractivity contribution in [2.24, 2.45) is 0 Å². The predicted molar refractivity (Wildman–Crippen MR) is 87.8 cm³/mol. The Morgan fingerprint density at radius 2 is 2.04 bits per heavy atom. The Hall–Kier alpha value is -0.870. The number of nitrogens with zero attached hydrogens (tertiary/aromatic N) is 1. The Kier molecular flexibility index (Phi) is 4.58. The fourth-order valence-corrected chi connectivity index (χ4v) is 7.38. The number of hydrogen-bond acceptors (Lipinski definition) is 6. The highest BCUT2D eigenvalue weighted by molar-refractivity contribution is 7.92. The number of sulfone groups is 1. The zero-order chi connectivity index (χ0) is 16.7. The number of thiophene rings is 1. The Morgan fingerprint density at radius 3 is 2.65 bits per heavy atom. The second-order valence-corrected chi connectivity index (χ2v) is 11.4. The van der Waals surface area contributed by atoms with Crippen molar-refractivity contribution in [1.82, 2.24) is 4.31 Å². The lowest BCUT2D eigenvalue weighted by atomic mass is 10.4. The molecule has 3 rings (SSSR count). The molecule has 1 aliphatic rings. The molecular weight excluding hydrogens is 382 g/mol. The van der Waals surface area contributed by atoms with Crippen LogP contribution in [-0.2, 0) is 25.6 Å². The van der Waals surface area contributed by atoms with E-state index in [0.29, 0.717) is 10.1 Å². The molecule has 0 amide bonds. The molecule has 23 heavy (non-hydrogen) atoms. The highest BCUT2D eigenvalue weighted by Crippen LogP contribution is 2.31. The normalized spacial score (nSPS) is 20.1. The molecule has 0 N–H and O–H groups in total. The van der Waals surface area contributed by atoms with Crippen LogP contribution in [0.15, 0.2) is 39.2 Å². The van der Waals surface area contributed by atoms with Crippen LogP contribution < -0.4 is 0 Å². The summed E-state index contributed by atoms with van der Waals surface area (Å²) in [6, 6.07) is 6.17. The zero-order valence-corrected chi connectivity index (χ0v) is 15.1. The van der Waals surface area contributed by atoms with Gasteiger partial charge in [0.15, 0.2) is 9.84 Å². The van der Waals surface area contributed by atoms with Gasteiger partial charge in [0.25, 0.3) is 10.0 Å². The monoisotopic (exact) mass is 395 g/mol. The summed E-state index contributed by atoms with van der Waals surface area (Å²) in [6.07, 6.45) is 1.69. The van der Waals surface area contributed by atoms with Crippen LogP contribution in [0.25, 0.3) is 0 Å². The van der Waals surface area contributed by atoms with Crippen molar-refractivity contribution >= 4 is 42.8 Å². The fourth-order valence-electron chi connectivity index (χ4n) is 2.48. The Balaban J connectivity index is 1.75. The molecule has 1 atom stereocenters. The Bertz CT molecular complexity index is 886. The lowest BCUT2D eigenvalue weighted by molar-refractivity contribution is 0.478. The number of hydrogen-bond donors (Lipinski definition) is 0. The summed E-state index contributed by atoms with van der Waals surface area (Å²) in [5, 5.41) is -0.724. The molecule has 10 heteroatoms.